The van der Waals surface area contributed by atoms with Crippen LogP contribution in [0.1, 0.15) is 27.2 Å². The van der Waals surface area contributed by atoms with Crippen LogP contribution in [0.25, 0.3) is 0 Å². The van der Waals surface area contributed by atoms with Gasteiger partial charge in [0.1, 0.15) is 5.60 Å². The Morgan fingerprint density at radius 2 is 2.21 bits per heavy atom. The second-order valence-corrected chi connectivity index (χ2v) is 5.05. The minimum absolute atomic E-state index is 0.164. The van der Waals surface area contributed by atoms with Crippen LogP contribution in [0.3, 0.4) is 0 Å². The zero-order valence-corrected chi connectivity index (χ0v) is 9.04. The molecule has 0 bridgehead atoms. The van der Waals surface area contributed by atoms with Crippen LogP contribution in [0.15, 0.2) is 0 Å². The number of nitrogens with one attached hydrogen (secondary N) is 1. The van der Waals surface area contributed by atoms with Crippen molar-refractivity contribution in [2.45, 2.75) is 44.9 Å². The van der Waals surface area contributed by atoms with Gasteiger partial charge in [-0.05, 0) is 33.7 Å². The highest BCUT2D eigenvalue weighted by Crippen LogP contribution is 2.27. The Morgan fingerprint density at radius 1 is 1.50 bits per heavy atom. The third-order valence-corrected chi connectivity index (χ3v) is 2.73. The molecule has 0 aromatic carbocycles. The summed E-state index contributed by atoms with van der Waals surface area (Å²) in [6.45, 7) is 7.52. The first-order valence-electron chi connectivity index (χ1n) is 5.20. The lowest BCUT2D eigenvalue weighted by atomic mass is 9.99. The largest absolute Gasteiger partial charge is 0.444 e. The van der Waals surface area contributed by atoms with Crippen LogP contribution >= 0.6 is 0 Å². The summed E-state index contributed by atoms with van der Waals surface area (Å²) < 4.78 is 5.31. The van der Waals surface area contributed by atoms with Gasteiger partial charge in [-0.25, -0.2) is 4.79 Å². The van der Waals surface area contributed by atoms with E-state index in [4.69, 9.17) is 4.74 Å². The van der Waals surface area contributed by atoms with Gasteiger partial charge in [-0.2, -0.15) is 0 Å². The maximum absolute atomic E-state index is 11.7. The molecule has 80 valence electrons. The molecule has 0 spiro atoms. The number of fused-ring (bicyclic) bond motifs is 1. The van der Waals surface area contributed by atoms with Crippen molar-refractivity contribution in [2.75, 3.05) is 13.1 Å². The van der Waals surface area contributed by atoms with Crippen LogP contribution < -0.4 is 5.32 Å². The molecule has 0 aromatic rings. The lowest BCUT2D eigenvalue weighted by molar-refractivity contribution is -0.00933. The fourth-order valence-electron chi connectivity index (χ4n) is 2.05. The van der Waals surface area contributed by atoms with E-state index in [0.29, 0.717) is 12.1 Å². The normalized spacial score (nSPS) is 30.9. The van der Waals surface area contributed by atoms with Crippen LogP contribution in [-0.2, 0) is 4.74 Å². The average Bonchev–Trinajstić information content (AvgIpc) is 2.28. The number of hydrogen-bond donors (Lipinski definition) is 1. The SMILES string of the molecule is CC(C)(C)OC(=O)N1C[C@H]2NCC[C@@H]21. The van der Waals surface area contributed by atoms with Crippen molar-refractivity contribution in [1.82, 2.24) is 10.2 Å². The predicted octanol–water partition coefficient (Wildman–Crippen LogP) is 0.968. The third-order valence-electron chi connectivity index (χ3n) is 2.73. The number of likely N-dealkylation sites (tertiary alicyclic amines) is 1. The molecule has 2 aliphatic rings. The summed E-state index contributed by atoms with van der Waals surface area (Å²) in [6, 6.07) is 0.896. The Labute approximate surface area is 84.6 Å². The highest BCUT2D eigenvalue weighted by atomic mass is 16.6. The number of hydrogen-bond acceptors (Lipinski definition) is 3. The summed E-state index contributed by atoms with van der Waals surface area (Å²) in [6.07, 6.45) is 0.895. The van der Waals surface area contributed by atoms with Crippen LogP contribution in [0.4, 0.5) is 4.79 Å². The molecular weight excluding hydrogens is 180 g/mol. The summed E-state index contributed by atoms with van der Waals surface area (Å²) in [5, 5.41) is 3.35. The Kier molecular flexibility index (Phi) is 2.18. The molecule has 0 aromatic heterocycles. The van der Waals surface area contributed by atoms with Crippen molar-refractivity contribution in [2.24, 2.45) is 0 Å². The van der Waals surface area contributed by atoms with E-state index in [0.717, 1.165) is 19.5 Å². The summed E-state index contributed by atoms with van der Waals surface area (Å²) in [5.41, 5.74) is -0.381. The number of ether oxygens (including phenoxy) is 1. The standard InChI is InChI=1S/C10H18N2O2/c1-10(2,3)14-9(13)12-6-7-8(12)4-5-11-7/h7-8,11H,4-6H2,1-3H3/t7-,8+/m1/s1. The maximum atomic E-state index is 11.7. The number of carbonyl (C=O) groups is 1. The van der Waals surface area contributed by atoms with Gasteiger partial charge in [-0.3, -0.25) is 0 Å². The van der Waals surface area contributed by atoms with Gasteiger partial charge in [0.15, 0.2) is 0 Å². The molecule has 0 radical (unpaired) electrons. The monoisotopic (exact) mass is 198 g/mol. The number of rotatable bonds is 0. The first-order chi connectivity index (χ1) is 6.47. The first kappa shape index (κ1) is 9.77. The summed E-state index contributed by atoms with van der Waals surface area (Å²) >= 11 is 0. The van der Waals surface area contributed by atoms with E-state index in [2.05, 4.69) is 5.32 Å². The highest BCUT2D eigenvalue weighted by molar-refractivity contribution is 5.70. The molecule has 2 rings (SSSR count). The quantitative estimate of drug-likeness (QED) is 0.630. The molecule has 2 aliphatic heterocycles. The van der Waals surface area contributed by atoms with Crippen molar-refractivity contribution in [3.63, 3.8) is 0 Å². The minimum atomic E-state index is -0.381. The molecule has 4 nitrogen and oxygen atoms in total. The van der Waals surface area contributed by atoms with Gasteiger partial charge in [0, 0.05) is 12.6 Å². The summed E-state index contributed by atoms with van der Waals surface area (Å²) in [4.78, 5) is 13.5. The van der Waals surface area contributed by atoms with Gasteiger partial charge in [0.25, 0.3) is 0 Å². The van der Waals surface area contributed by atoms with Crippen molar-refractivity contribution < 1.29 is 9.53 Å². The van der Waals surface area contributed by atoms with Crippen LogP contribution in [0.2, 0.25) is 0 Å². The average molecular weight is 198 g/mol. The second-order valence-electron chi connectivity index (χ2n) is 5.05. The Morgan fingerprint density at radius 3 is 2.79 bits per heavy atom. The molecule has 0 aliphatic carbocycles. The summed E-state index contributed by atoms with van der Waals surface area (Å²) in [7, 11) is 0. The van der Waals surface area contributed by atoms with E-state index in [1.807, 2.05) is 25.7 Å². The molecular formula is C10H18N2O2. The molecule has 14 heavy (non-hydrogen) atoms. The van der Waals surface area contributed by atoms with Crippen LogP contribution in [0.5, 0.6) is 0 Å². The number of nitrogens with zero attached hydrogens (tertiary/aromatic N) is 1. The molecule has 2 fully saturated rings. The fraction of sp³-hybridized carbons (Fsp3) is 0.900. The zero-order chi connectivity index (χ0) is 10.3. The molecule has 1 N–H and O–H groups in total. The lowest BCUT2D eigenvalue weighted by Gasteiger charge is -2.44. The maximum Gasteiger partial charge on any atom is 0.410 e. The van der Waals surface area contributed by atoms with E-state index >= 15 is 0 Å². The molecule has 1 amide bonds. The van der Waals surface area contributed by atoms with Gasteiger partial charge in [0.2, 0.25) is 0 Å². The molecule has 2 atom stereocenters. The zero-order valence-electron chi connectivity index (χ0n) is 9.04. The van der Waals surface area contributed by atoms with Crippen LogP contribution in [0, 0.1) is 0 Å². The van der Waals surface area contributed by atoms with Gasteiger partial charge >= 0.3 is 6.09 Å². The molecule has 0 unspecified atom stereocenters. The highest BCUT2D eigenvalue weighted by Gasteiger charge is 2.45. The molecule has 2 saturated heterocycles. The second kappa shape index (κ2) is 3.12. The third kappa shape index (κ3) is 1.71. The molecule has 4 heteroatoms. The minimum Gasteiger partial charge on any atom is -0.444 e. The van der Waals surface area contributed by atoms with E-state index in [-0.39, 0.29) is 11.7 Å². The molecule has 2 heterocycles. The number of carbonyl (C=O) groups excluding carboxylic acids is 1. The van der Waals surface area contributed by atoms with Gasteiger partial charge in [-0.15, -0.1) is 0 Å². The lowest BCUT2D eigenvalue weighted by Crippen LogP contribution is -2.63. The smallest absolute Gasteiger partial charge is 0.410 e. The number of amides is 1. The van der Waals surface area contributed by atoms with E-state index < -0.39 is 0 Å². The van der Waals surface area contributed by atoms with Crippen molar-refractivity contribution in [1.29, 1.82) is 0 Å². The van der Waals surface area contributed by atoms with E-state index in [1.165, 1.54) is 0 Å². The Hall–Kier alpha value is -0.770. The van der Waals surface area contributed by atoms with E-state index in [1.54, 1.807) is 0 Å². The Balaban J connectivity index is 1.88. The Bertz CT molecular complexity index is 247. The van der Waals surface area contributed by atoms with E-state index in [9.17, 15) is 4.79 Å². The van der Waals surface area contributed by atoms with Gasteiger partial charge in [0.05, 0.1) is 6.04 Å². The molecule has 0 saturated carbocycles. The van der Waals surface area contributed by atoms with Crippen molar-refractivity contribution in [3.8, 4) is 0 Å². The fourth-order valence-corrected chi connectivity index (χ4v) is 2.05. The first-order valence-corrected chi connectivity index (χ1v) is 5.20. The van der Waals surface area contributed by atoms with Crippen molar-refractivity contribution >= 4 is 6.09 Å². The van der Waals surface area contributed by atoms with Gasteiger partial charge < -0.3 is 15.0 Å². The summed E-state index contributed by atoms with van der Waals surface area (Å²) in [5.74, 6) is 0. The predicted molar refractivity (Wildman–Crippen MR) is 53.1 cm³/mol. The van der Waals surface area contributed by atoms with Gasteiger partial charge in [-0.1, -0.05) is 0 Å². The topological polar surface area (TPSA) is 41.6 Å². The van der Waals surface area contributed by atoms with Crippen LogP contribution in [-0.4, -0.2) is 41.8 Å². The van der Waals surface area contributed by atoms with Crippen molar-refractivity contribution in [3.05, 3.63) is 0 Å².